The van der Waals surface area contributed by atoms with Gasteiger partial charge in [0, 0.05) is 25.7 Å². The number of carbonyl (C=O) groups is 1. The predicted molar refractivity (Wildman–Crippen MR) is 57.4 cm³/mol. The zero-order chi connectivity index (χ0) is 11.1. The Labute approximate surface area is 91.1 Å². The van der Waals surface area contributed by atoms with Crippen LogP contribution in [0.15, 0.2) is 0 Å². The summed E-state index contributed by atoms with van der Waals surface area (Å²) in [4.78, 5) is 10.9. The number of hydrogen-bond acceptors (Lipinski definition) is 4. The standard InChI is InChI=1S/C11H21NO3/c1-14-11(13)3-2-10(12)8-9-4-6-15-7-5-9/h9-10H,2-8,12H2,1H3. The molecule has 4 nitrogen and oxygen atoms in total. The monoisotopic (exact) mass is 215 g/mol. The van der Waals surface area contributed by atoms with Crippen molar-refractivity contribution in [2.24, 2.45) is 11.7 Å². The van der Waals surface area contributed by atoms with Crippen LogP contribution in [0.4, 0.5) is 0 Å². The van der Waals surface area contributed by atoms with Crippen molar-refractivity contribution in [2.75, 3.05) is 20.3 Å². The van der Waals surface area contributed by atoms with Crippen LogP contribution in [0.2, 0.25) is 0 Å². The van der Waals surface area contributed by atoms with Crippen LogP contribution in [-0.2, 0) is 14.3 Å². The molecule has 4 heteroatoms. The molecule has 0 saturated carbocycles. The van der Waals surface area contributed by atoms with Crippen LogP contribution < -0.4 is 5.73 Å². The number of methoxy groups -OCH3 is 1. The minimum atomic E-state index is -0.169. The summed E-state index contributed by atoms with van der Waals surface area (Å²) >= 11 is 0. The first-order chi connectivity index (χ1) is 7.22. The van der Waals surface area contributed by atoms with Crippen molar-refractivity contribution in [3.63, 3.8) is 0 Å². The van der Waals surface area contributed by atoms with Crippen LogP contribution in [0.25, 0.3) is 0 Å². The second kappa shape index (κ2) is 6.80. The van der Waals surface area contributed by atoms with E-state index < -0.39 is 0 Å². The van der Waals surface area contributed by atoms with Crippen LogP contribution >= 0.6 is 0 Å². The molecule has 1 atom stereocenters. The Morgan fingerprint density at radius 3 is 2.80 bits per heavy atom. The lowest BCUT2D eigenvalue weighted by molar-refractivity contribution is -0.140. The summed E-state index contributed by atoms with van der Waals surface area (Å²) in [5, 5.41) is 0. The molecular weight excluding hydrogens is 194 g/mol. The van der Waals surface area contributed by atoms with E-state index in [9.17, 15) is 4.79 Å². The maximum absolute atomic E-state index is 10.9. The largest absolute Gasteiger partial charge is 0.469 e. The number of carbonyl (C=O) groups excluding carboxylic acids is 1. The SMILES string of the molecule is COC(=O)CCC(N)CC1CCOCC1. The first kappa shape index (κ1) is 12.5. The van der Waals surface area contributed by atoms with Gasteiger partial charge in [-0.3, -0.25) is 4.79 Å². The van der Waals surface area contributed by atoms with Crippen LogP contribution in [-0.4, -0.2) is 32.3 Å². The summed E-state index contributed by atoms with van der Waals surface area (Å²) in [7, 11) is 1.41. The molecule has 0 aliphatic carbocycles. The van der Waals surface area contributed by atoms with Gasteiger partial charge in [0.1, 0.15) is 0 Å². The molecule has 0 radical (unpaired) electrons. The zero-order valence-electron chi connectivity index (χ0n) is 9.41. The Morgan fingerprint density at radius 1 is 1.53 bits per heavy atom. The molecule has 1 aliphatic rings. The van der Waals surface area contributed by atoms with E-state index in [0.717, 1.165) is 38.9 Å². The average molecular weight is 215 g/mol. The highest BCUT2D eigenvalue weighted by molar-refractivity contribution is 5.69. The van der Waals surface area contributed by atoms with E-state index in [4.69, 9.17) is 10.5 Å². The summed E-state index contributed by atoms with van der Waals surface area (Å²) < 4.78 is 9.86. The third-order valence-corrected chi connectivity index (χ3v) is 2.92. The highest BCUT2D eigenvalue weighted by atomic mass is 16.5. The predicted octanol–water partition coefficient (Wildman–Crippen LogP) is 1.08. The van der Waals surface area contributed by atoms with Gasteiger partial charge in [0.2, 0.25) is 0 Å². The van der Waals surface area contributed by atoms with Gasteiger partial charge in [-0.25, -0.2) is 0 Å². The fourth-order valence-corrected chi connectivity index (χ4v) is 1.93. The van der Waals surface area contributed by atoms with Crippen molar-refractivity contribution in [3.05, 3.63) is 0 Å². The molecule has 1 rings (SSSR count). The minimum Gasteiger partial charge on any atom is -0.469 e. The summed E-state index contributed by atoms with van der Waals surface area (Å²) in [5.41, 5.74) is 5.96. The first-order valence-electron chi connectivity index (χ1n) is 5.62. The molecule has 15 heavy (non-hydrogen) atoms. The van der Waals surface area contributed by atoms with E-state index in [1.807, 2.05) is 0 Å². The molecular formula is C11H21NO3. The third-order valence-electron chi connectivity index (χ3n) is 2.92. The van der Waals surface area contributed by atoms with Crippen molar-refractivity contribution in [2.45, 2.75) is 38.1 Å². The van der Waals surface area contributed by atoms with Crippen LogP contribution in [0.1, 0.15) is 32.1 Å². The van der Waals surface area contributed by atoms with Crippen molar-refractivity contribution in [1.82, 2.24) is 0 Å². The lowest BCUT2D eigenvalue weighted by Crippen LogP contribution is -2.27. The van der Waals surface area contributed by atoms with Crippen LogP contribution in [0.3, 0.4) is 0 Å². The maximum Gasteiger partial charge on any atom is 0.305 e. The summed E-state index contributed by atoms with van der Waals surface area (Å²) in [6.45, 7) is 1.71. The molecule has 0 amide bonds. The molecule has 0 spiro atoms. The molecule has 0 bridgehead atoms. The van der Waals surface area contributed by atoms with Gasteiger partial charge in [0.25, 0.3) is 0 Å². The van der Waals surface area contributed by atoms with Gasteiger partial charge in [0.15, 0.2) is 0 Å². The molecule has 0 aromatic carbocycles. The highest BCUT2D eigenvalue weighted by Crippen LogP contribution is 2.20. The summed E-state index contributed by atoms with van der Waals surface area (Å²) in [6, 6.07) is 0.118. The Balaban J connectivity index is 2.11. The van der Waals surface area contributed by atoms with Gasteiger partial charge in [-0.2, -0.15) is 0 Å². The molecule has 0 aromatic rings. The topological polar surface area (TPSA) is 61.5 Å². The molecule has 1 aliphatic heterocycles. The molecule has 1 fully saturated rings. The highest BCUT2D eigenvalue weighted by Gasteiger charge is 2.17. The smallest absolute Gasteiger partial charge is 0.305 e. The van der Waals surface area contributed by atoms with E-state index in [1.54, 1.807) is 0 Å². The molecule has 2 N–H and O–H groups in total. The zero-order valence-corrected chi connectivity index (χ0v) is 9.41. The van der Waals surface area contributed by atoms with Crippen LogP contribution in [0, 0.1) is 5.92 Å². The number of ether oxygens (including phenoxy) is 2. The number of esters is 1. The van der Waals surface area contributed by atoms with Crippen molar-refractivity contribution in [3.8, 4) is 0 Å². The fourth-order valence-electron chi connectivity index (χ4n) is 1.93. The number of rotatable bonds is 5. The fraction of sp³-hybridized carbons (Fsp3) is 0.909. The Hall–Kier alpha value is -0.610. The molecule has 1 saturated heterocycles. The van der Waals surface area contributed by atoms with Crippen molar-refractivity contribution >= 4 is 5.97 Å². The summed E-state index contributed by atoms with van der Waals surface area (Å²) in [5.74, 6) is 0.504. The van der Waals surface area contributed by atoms with Gasteiger partial charge in [-0.05, 0) is 31.6 Å². The second-order valence-electron chi connectivity index (χ2n) is 4.17. The van der Waals surface area contributed by atoms with E-state index in [2.05, 4.69) is 4.74 Å². The minimum absolute atomic E-state index is 0.118. The molecule has 1 unspecified atom stereocenters. The van der Waals surface area contributed by atoms with Gasteiger partial charge in [-0.15, -0.1) is 0 Å². The van der Waals surface area contributed by atoms with E-state index in [1.165, 1.54) is 7.11 Å². The number of nitrogens with two attached hydrogens (primary N) is 1. The molecule has 1 heterocycles. The normalized spacial score (nSPS) is 19.9. The van der Waals surface area contributed by atoms with Crippen molar-refractivity contribution < 1.29 is 14.3 Å². The van der Waals surface area contributed by atoms with Gasteiger partial charge in [-0.1, -0.05) is 0 Å². The van der Waals surface area contributed by atoms with E-state index in [0.29, 0.717) is 12.3 Å². The third kappa shape index (κ3) is 5.14. The quantitative estimate of drug-likeness (QED) is 0.697. The van der Waals surface area contributed by atoms with E-state index in [-0.39, 0.29) is 12.0 Å². The van der Waals surface area contributed by atoms with Gasteiger partial charge < -0.3 is 15.2 Å². The Bertz CT molecular complexity index is 190. The first-order valence-corrected chi connectivity index (χ1v) is 5.62. The molecule has 88 valence electrons. The lowest BCUT2D eigenvalue weighted by atomic mass is 9.91. The Kier molecular flexibility index (Phi) is 5.65. The number of hydrogen-bond donors (Lipinski definition) is 1. The van der Waals surface area contributed by atoms with E-state index >= 15 is 0 Å². The second-order valence-corrected chi connectivity index (χ2v) is 4.17. The van der Waals surface area contributed by atoms with Crippen molar-refractivity contribution in [1.29, 1.82) is 0 Å². The lowest BCUT2D eigenvalue weighted by Gasteiger charge is -2.24. The molecule has 0 aromatic heterocycles. The summed E-state index contributed by atoms with van der Waals surface area (Å²) in [6.07, 6.45) is 4.36. The van der Waals surface area contributed by atoms with Gasteiger partial charge in [0.05, 0.1) is 7.11 Å². The Morgan fingerprint density at radius 2 is 2.20 bits per heavy atom. The van der Waals surface area contributed by atoms with Gasteiger partial charge >= 0.3 is 5.97 Å². The average Bonchev–Trinajstić information content (AvgIpc) is 2.27. The van der Waals surface area contributed by atoms with Crippen LogP contribution in [0.5, 0.6) is 0 Å². The maximum atomic E-state index is 10.9.